The minimum atomic E-state index is -5.08. The maximum absolute atomic E-state index is 13.4. The molecule has 6 rings (SSSR count). The minimum absolute atomic E-state index is 0.103. The predicted octanol–water partition coefficient (Wildman–Crippen LogP) is 5.35. The zero-order valence-electron chi connectivity index (χ0n) is 22.9. The number of aromatic nitrogens is 4. The highest BCUT2D eigenvalue weighted by Crippen LogP contribution is 2.36. The van der Waals surface area contributed by atoms with Crippen molar-refractivity contribution in [1.82, 2.24) is 20.2 Å². The Bertz CT molecular complexity index is 1840. The number of carboxylic acids is 1. The van der Waals surface area contributed by atoms with Crippen molar-refractivity contribution in [3.63, 3.8) is 0 Å². The topological polar surface area (TPSA) is 139 Å². The monoisotopic (exact) mass is 594 g/mol. The van der Waals surface area contributed by atoms with Crippen LogP contribution in [0, 0.1) is 0 Å². The summed E-state index contributed by atoms with van der Waals surface area (Å²) in [7, 11) is 3.28. The Balaban J connectivity index is 0.000000472. The molecule has 43 heavy (non-hydrogen) atoms. The fraction of sp³-hybridized carbons (Fsp3) is 0.200. The molecule has 222 valence electrons. The SMILES string of the molecule is COc1cccc(-c2cc(-c3cn[nH]c3)cc3c(=O)[nH]c(C4COc5ccc(OC)cc5C4)nc23)c1.O=C(O)C(F)(F)F. The number of fused-ring (bicyclic) bond motifs is 2. The van der Waals surface area contributed by atoms with Gasteiger partial charge in [0.15, 0.2) is 0 Å². The van der Waals surface area contributed by atoms with Crippen molar-refractivity contribution in [3.05, 3.63) is 88.7 Å². The Hall–Kier alpha value is -5.33. The highest BCUT2D eigenvalue weighted by atomic mass is 19.4. The van der Waals surface area contributed by atoms with Gasteiger partial charge in [-0.05, 0) is 65.6 Å². The molecule has 3 N–H and O–H groups in total. The Morgan fingerprint density at radius 2 is 1.77 bits per heavy atom. The first-order chi connectivity index (χ1) is 20.6. The number of carbonyl (C=O) groups is 1. The van der Waals surface area contributed by atoms with E-state index in [9.17, 15) is 18.0 Å². The van der Waals surface area contributed by atoms with Crippen LogP contribution in [0.15, 0.2) is 71.8 Å². The van der Waals surface area contributed by atoms with Gasteiger partial charge in [-0.15, -0.1) is 0 Å². The number of carboxylic acid groups (broad SMARTS) is 1. The number of H-pyrrole nitrogens is 2. The molecule has 2 aromatic heterocycles. The molecule has 0 saturated carbocycles. The van der Waals surface area contributed by atoms with Crippen LogP contribution in [0.3, 0.4) is 0 Å². The number of methoxy groups -OCH3 is 2. The van der Waals surface area contributed by atoms with Gasteiger partial charge >= 0.3 is 12.1 Å². The van der Waals surface area contributed by atoms with Gasteiger partial charge in [0.25, 0.3) is 5.56 Å². The molecule has 0 bridgehead atoms. The predicted molar refractivity (Wildman–Crippen MR) is 151 cm³/mol. The van der Waals surface area contributed by atoms with E-state index in [1.165, 1.54) is 0 Å². The molecule has 1 aliphatic rings. The van der Waals surface area contributed by atoms with Crippen LogP contribution in [0.1, 0.15) is 17.3 Å². The number of ether oxygens (including phenoxy) is 3. The lowest BCUT2D eigenvalue weighted by Crippen LogP contribution is -2.24. The number of halogens is 3. The number of nitrogens with zero attached hydrogens (tertiary/aromatic N) is 2. The van der Waals surface area contributed by atoms with Crippen LogP contribution in [-0.4, -0.2) is 58.2 Å². The van der Waals surface area contributed by atoms with E-state index in [0.29, 0.717) is 29.8 Å². The van der Waals surface area contributed by atoms with E-state index in [1.54, 1.807) is 26.6 Å². The van der Waals surface area contributed by atoms with Gasteiger partial charge in [-0.1, -0.05) is 12.1 Å². The lowest BCUT2D eigenvalue weighted by molar-refractivity contribution is -0.192. The van der Waals surface area contributed by atoms with E-state index in [4.69, 9.17) is 29.1 Å². The third kappa shape index (κ3) is 6.30. The van der Waals surface area contributed by atoms with Gasteiger partial charge in [0.1, 0.15) is 23.1 Å². The highest BCUT2D eigenvalue weighted by molar-refractivity contribution is 5.97. The molecule has 13 heteroatoms. The van der Waals surface area contributed by atoms with Gasteiger partial charge in [0.2, 0.25) is 0 Å². The number of aromatic amines is 2. The first kappa shape index (κ1) is 29.2. The van der Waals surface area contributed by atoms with E-state index >= 15 is 0 Å². The molecule has 1 aliphatic heterocycles. The smallest absolute Gasteiger partial charge is 0.490 e. The van der Waals surface area contributed by atoms with Gasteiger partial charge in [-0.2, -0.15) is 18.3 Å². The van der Waals surface area contributed by atoms with Crippen molar-refractivity contribution in [1.29, 1.82) is 0 Å². The van der Waals surface area contributed by atoms with Crippen LogP contribution in [-0.2, 0) is 11.2 Å². The van der Waals surface area contributed by atoms with Crippen molar-refractivity contribution >= 4 is 16.9 Å². The van der Waals surface area contributed by atoms with Crippen LogP contribution < -0.4 is 19.8 Å². The summed E-state index contributed by atoms with van der Waals surface area (Å²) in [5.41, 5.74) is 4.97. The van der Waals surface area contributed by atoms with E-state index in [1.807, 2.05) is 54.6 Å². The molecular formula is C30H25F3N4O6. The molecular weight excluding hydrogens is 569 g/mol. The lowest BCUT2D eigenvalue weighted by atomic mass is 9.94. The minimum Gasteiger partial charge on any atom is -0.497 e. The number of nitrogens with one attached hydrogen (secondary N) is 2. The molecule has 3 heterocycles. The zero-order chi connectivity index (χ0) is 30.7. The number of hydrogen-bond acceptors (Lipinski definition) is 7. The Labute approximate surface area is 242 Å². The van der Waals surface area contributed by atoms with Crippen LogP contribution in [0.25, 0.3) is 33.2 Å². The second-order valence-corrected chi connectivity index (χ2v) is 9.58. The van der Waals surface area contributed by atoms with Crippen molar-refractivity contribution in [2.45, 2.75) is 18.5 Å². The summed E-state index contributed by atoms with van der Waals surface area (Å²) in [5.74, 6) is 0.0646. The average molecular weight is 595 g/mol. The van der Waals surface area contributed by atoms with E-state index in [-0.39, 0.29) is 11.5 Å². The standard InChI is InChI=1S/C28H24N4O4.C2HF3O2/c1-34-21-5-3-4-16(9-21)23-11-17(20-13-29-30-14-20)12-24-26(23)31-27(32-28(24)33)19-8-18-10-22(35-2)6-7-25(18)36-15-19;3-2(4,5)1(6)7/h3-7,9-14,19H,8,15H2,1-2H3,(H,29,30)(H,31,32,33);(H,6,7). The summed E-state index contributed by atoms with van der Waals surface area (Å²) in [6, 6.07) is 17.4. The van der Waals surface area contributed by atoms with Gasteiger partial charge < -0.3 is 24.3 Å². The van der Waals surface area contributed by atoms with Gasteiger partial charge in [0.05, 0.1) is 43.8 Å². The molecule has 0 spiro atoms. The number of alkyl halides is 3. The van der Waals surface area contributed by atoms with Crippen LogP contribution in [0.5, 0.6) is 17.2 Å². The Morgan fingerprint density at radius 1 is 1.02 bits per heavy atom. The molecule has 0 aliphatic carbocycles. The molecule has 3 aromatic carbocycles. The summed E-state index contributed by atoms with van der Waals surface area (Å²) < 4.78 is 48.6. The summed E-state index contributed by atoms with van der Waals surface area (Å²) >= 11 is 0. The number of aliphatic carboxylic acids is 1. The van der Waals surface area contributed by atoms with Gasteiger partial charge in [-0.25, -0.2) is 9.78 Å². The number of rotatable bonds is 5. The van der Waals surface area contributed by atoms with Crippen molar-refractivity contribution < 1.29 is 37.3 Å². The third-order valence-electron chi connectivity index (χ3n) is 6.84. The fourth-order valence-corrected chi connectivity index (χ4v) is 4.71. The second-order valence-electron chi connectivity index (χ2n) is 9.58. The van der Waals surface area contributed by atoms with E-state index in [0.717, 1.165) is 45.1 Å². The van der Waals surface area contributed by atoms with Gasteiger partial charge in [0, 0.05) is 17.3 Å². The van der Waals surface area contributed by atoms with Crippen LogP contribution in [0.4, 0.5) is 13.2 Å². The first-order valence-electron chi connectivity index (χ1n) is 12.9. The number of hydrogen-bond donors (Lipinski definition) is 3. The molecule has 1 unspecified atom stereocenters. The maximum atomic E-state index is 13.4. The molecule has 0 radical (unpaired) electrons. The zero-order valence-corrected chi connectivity index (χ0v) is 22.9. The lowest BCUT2D eigenvalue weighted by Gasteiger charge is -2.25. The Kier molecular flexibility index (Phi) is 8.06. The van der Waals surface area contributed by atoms with Gasteiger partial charge in [-0.3, -0.25) is 9.89 Å². The fourth-order valence-electron chi connectivity index (χ4n) is 4.71. The molecule has 1 atom stereocenters. The van der Waals surface area contributed by atoms with Crippen molar-refractivity contribution in [2.75, 3.05) is 20.8 Å². The number of benzene rings is 3. The van der Waals surface area contributed by atoms with Crippen LogP contribution >= 0.6 is 0 Å². The van der Waals surface area contributed by atoms with Crippen LogP contribution in [0.2, 0.25) is 0 Å². The first-order valence-corrected chi connectivity index (χ1v) is 12.9. The Morgan fingerprint density at radius 3 is 2.44 bits per heavy atom. The molecule has 5 aromatic rings. The van der Waals surface area contributed by atoms with Crippen molar-refractivity contribution in [2.24, 2.45) is 0 Å². The third-order valence-corrected chi connectivity index (χ3v) is 6.84. The molecule has 0 fully saturated rings. The van der Waals surface area contributed by atoms with E-state index in [2.05, 4.69) is 15.2 Å². The maximum Gasteiger partial charge on any atom is 0.490 e. The molecule has 0 saturated heterocycles. The largest absolute Gasteiger partial charge is 0.497 e. The average Bonchev–Trinajstić information content (AvgIpc) is 3.55. The van der Waals surface area contributed by atoms with E-state index < -0.39 is 12.1 Å². The second kappa shape index (κ2) is 11.9. The summed E-state index contributed by atoms with van der Waals surface area (Å²) in [5, 5.41) is 14.5. The molecule has 10 nitrogen and oxygen atoms in total. The summed E-state index contributed by atoms with van der Waals surface area (Å²) in [6.45, 7) is 0.426. The van der Waals surface area contributed by atoms with Crippen molar-refractivity contribution in [3.8, 4) is 39.5 Å². The molecule has 0 amide bonds. The summed E-state index contributed by atoms with van der Waals surface area (Å²) in [4.78, 5) is 30.3. The normalized spacial score (nSPS) is 14.2. The highest BCUT2D eigenvalue weighted by Gasteiger charge is 2.38. The summed E-state index contributed by atoms with van der Waals surface area (Å²) in [6.07, 6.45) is -0.863. The quantitative estimate of drug-likeness (QED) is 0.248.